The average Bonchev–Trinajstić information content (AvgIpc) is 2.60. The summed E-state index contributed by atoms with van der Waals surface area (Å²) >= 11 is 3.39. The van der Waals surface area contributed by atoms with Gasteiger partial charge in [-0.2, -0.15) is 0 Å². The first-order valence-electron chi connectivity index (χ1n) is 8.46. The van der Waals surface area contributed by atoms with Crippen LogP contribution in [0.25, 0.3) is 0 Å². The third kappa shape index (κ3) is 6.13. The summed E-state index contributed by atoms with van der Waals surface area (Å²) in [7, 11) is 0. The molecule has 0 saturated carbocycles. The van der Waals surface area contributed by atoms with E-state index in [-0.39, 0.29) is 11.8 Å². The molecule has 0 bridgehead atoms. The molecule has 3 N–H and O–H groups in total. The van der Waals surface area contributed by atoms with Crippen molar-refractivity contribution in [3.8, 4) is 0 Å². The van der Waals surface area contributed by atoms with Gasteiger partial charge in [-0.1, -0.05) is 22.9 Å². The van der Waals surface area contributed by atoms with Crippen LogP contribution in [0.1, 0.15) is 13.3 Å². The van der Waals surface area contributed by atoms with Crippen LogP contribution in [0.4, 0.5) is 5.69 Å². The van der Waals surface area contributed by atoms with E-state index in [9.17, 15) is 9.59 Å². The van der Waals surface area contributed by atoms with Gasteiger partial charge < -0.3 is 20.4 Å². The van der Waals surface area contributed by atoms with Crippen LogP contribution in [0.5, 0.6) is 0 Å². The van der Waals surface area contributed by atoms with E-state index in [1.807, 2.05) is 36.1 Å². The summed E-state index contributed by atoms with van der Waals surface area (Å²) in [5, 5.41) is 6.05. The first-order chi connectivity index (χ1) is 11.6. The smallest absolute Gasteiger partial charge is 0.275 e. The molecule has 0 radical (unpaired) electrons. The Morgan fingerprint density at radius 1 is 1.21 bits per heavy atom. The number of amides is 2. The predicted molar refractivity (Wildman–Crippen MR) is 98.1 cm³/mol. The lowest BCUT2D eigenvalue weighted by molar-refractivity contribution is -0.896. The Bertz CT molecular complexity index is 542. The summed E-state index contributed by atoms with van der Waals surface area (Å²) in [6.07, 6.45) is 0.953. The van der Waals surface area contributed by atoms with Crippen LogP contribution in [0.15, 0.2) is 28.7 Å². The Kier molecular flexibility index (Phi) is 7.52. The molecule has 2 rings (SSSR count). The first kappa shape index (κ1) is 18.7. The quantitative estimate of drug-likeness (QED) is 0.611. The van der Waals surface area contributed by atoms with E-state index in [0.29, 0.717) is 26.2 Å². The van der Waals surface area contributed by atoms with E-state index >= 15 is 0 Å². The van der Waals surface area contributed by atoms with Crippen LogP contribution in [0.3, 0.4) is 0 Å². The van der Waals surface area contributed by atoms with Crippen LogP contribution in [-0.2, 0) is 9.59 Å². The number of carbonyl (C=O) groups excluding carboxylic acids is 2. The van der Waals surface area contributed by atoms with Gasteiger partial charge in [-0.15, -0.1) is 0 Å². The fourth-order valence-electron chi connectivity index (χ4n) is 2.66. The van der Waals surface area contributed by atoms with Crippen molar-refractivity contribution >= 4 is 33.4 Å². The number of carbonyl (C=O) groups is 2. The number of nitrogens with one attached hydrogen (secondary N) is 3. The van der Waals surface area contributed by atoms with Gasteiger partial charge in [0, 0.05) is 16.7 Å². The highest BCUT2D eigenvalue weighted by Gasteiger charge is 2.24. The number of piperazine rings is 1. The van der Waals surface area contributed by atoms with E-state index in [4.69, 9.17) is 0 Å². The number of nitrogens with zero attached hydrogens (tertiary/aromatic N) is 1. The van der Waals surface area contributed by atoms with Gasteiger partial charge in [-0.25, -0.2) is 0 Å². The van der Waals surface area contributed by atoms with Crippen LogP contribution in [0, 0.1) is 0 Å². The third-order valence-corrected chi connectivity index (χ3v) is 4.62. The molecule has 7 heteroatoms. The molecular weight excluding hydrogens is 372 g/mol. The molecule has 0 unspecified atom stereocenters. The summed E-state index contributed by atoms with van der Waals surface area (Å²) < 4.78 is 1.02. The lowest BCUT2D eigenvalue weighted by atomic mass is 10.3. The molecule has 0 aromatic heterocycles. The van der Waals surface area contributed by atoms with Crippen molar-refractivity contribution in [3.05, 3.63) is 28.7 Å². The Morgan fingerprint density at radius 2 is 1.88 bits per heavy atom. The maximum absolute atomic E-state index is 12.3. The molecular formula is C17H26BrN4O2+. The maximum atomic E-state index is 12.3. The minimum atomic E-state index is 0.100. The SMILES string of the molecule is CCCNC(=O)C[NH+]1CCN(C(=O)CNc2ccc(Br)cc2)CC1. The highest BCUT2D eigenvalue weighted by Crippen LogP contribution is 2.13. The molecule has 1 aliphatic rings. The molecule has 1 aromatic rings. The lowest BCUT2D eigenvalue weighted by Gasteiger charge is -2.32. The molecule has 0 spiro atoms. The van der Waals surface area contributed by atoms with E-state index in [1.165, 1.54) is 4.90 Å². The Balaban J connectivity index is 1.68. The second-order valence-electron chi connectivity index (χ2n) is 6.02. The van der Waals surface area contributed by atoms with Crippen molar-refractivity contribution < 1.29 is 14.5 Å². The lowest BCUT2D eigenvalue weighted by Crippen LogP contribution is -3.15. The summed E-state index contributed by atoms with van der Waals surface area (Å²) in [4.78, 5) is 27.1. The monoisotopic (exact) mass is 397 g/mol. The van der Waals surface area contributed by atoms with Gasteiger partial charge in [0.15, 0.2) is 6.54 Å². The molecule has 132 valence electrons. The van der Waals surface area contributed by atoms with E-state index in [0.717, 1.165) is 36.2 Å². The molecule has 0 atom stereocenters. The standard InChI is InChI=1S/C17H25BrN4O2/c1-2-7-19-16(23)13-21-8-10-22(11-9-21)17(24)12-20-15-5-3-14(18)4-6-15/h3-6,20H,2,7-13H2,1H3,(H,19,23)/p+1. The summed E-state index contributed by atoms with van der Waals surface area (Å²) in [6.45, 7) is 6.63. The number of halogens is 1. The molecule has 0 aliphatic carbocycles. The van der Waals surface area contributed by atoms with Gasteiger partial charge in [0.2, 0.25) is 5.91 Å². The van der Waals surface area contributed by atoms with Crippen LogP contribution in [0.2, 0.25) is 0 Å². The number of anilines is 1. The maximum Gasteiger partial charge on any atom is 0.275 e. The predicted octanol–water partition coefficient (Wildman–Crippen LogP) is 0.114. The molecule has 1 fully saturated rings. The molecule has 24 heavy (non-hydrogen) atoms. The van der Waals surface area contributed by atoms with Gasteiger partial charge in [0.05, 0.1) is 32.7 Å². The number of quaternary nitrogens is 1. The van der Waals surface area contributed by atoms with Crippen molar-refractivity contribution in [2.45, 2.75) is 13.3 Å². The highest BCUT2D eigenvalue weighted by atomic mass is 79.9. The second-order valence-corrected chi connectivity index (χ2v) is 6.93. The summed E-state index contributed by atoms with van der Waals surface area (Å²) in [5.74, 6) is 0.205. The van der Waals surface area contributed by atoms with Crippen LogP contribution < -0.4 is 15.5 Å². The van der Waals surface area contributed by atoms with Gasteiger partial charge in [-0.3, -0.25) is 9.59 Å². The minimum absolute atomic E-state index is 0.100. The fraction of sp³-hybridized carbons (Fsp3) is 0.529. The van der Waals surface area contributed by atoms with Gasteiger partial charge in [-0.05, 0) is 30.7 Å². The van der Waals surface area contributed by atoms with Crippen molar-refractivity contribution in [2.75, 3.05) is 51.1 Å². The van der Waals surface area contributed by atoms with Crippen LogP contribution >= 0.6 is 15.9 Å². The number of hydrogen-bond acceptors (Lipinski definition) is 3. The minimum Gasteiger partial charge on any atom is -0.376 e. The van der Waals surface area contributed by atoms with Crippen molar-refractivity contribution in [1.29, 1.82) is 0 Å². The zero-order valence-electron chi connectivity index (χ0n) is 14.1. The van der Waals surface area contributed by atoms with Gasteiger partial charge in [0.25, 0.3) is 5.91 Å². The molecule has 1 aliphatic heterocycles. The second kappa shape index (κ2) is 9.64. The molecule has 1 aromatic carbocycles. The van der Waals surface area contributed by atoms with E-state index in [1.54, 1.807) is 0 Å². The number of hydrogen-bond donors (Lipinski definition) is 3. The van der Waals surface area contributed by atoms with E-state index < -0.39 is 0 Å². The molecule has 1 saturated heterocycles. The third-order valence-electron chi connectivity index (χ3n) is 4.09. The highest BCUT2D eigenvalue weighted by molar-refractivity contribution is 9.10. The summed E-state index contributed by atoms with van der Waals surface area (Å²) in [5.41, 5.74) is 0.934. The van der Waals surface area contributed by atoms with Gasteiger partial charge >= 0.3 is 0 Å². The van der Waals surface area contributed by atoms with Crippen LogP contribution in [-0.4, -0.2) is 62.5 Å². The fourth-order valence-corrected chi connectivity index (χ4v) is 2.92. The molecule has 1 heterocycles. The normalized spacial score (nSPS) is 15.2. The Hall–Kier alpha value is -1.60. The zero-order valence-corrected chi connectivity index (χ0v) is 15.7. The topological polar surface area (TPSA) is 65.9 Å². The number of rotatable bonds is 7. The zero-order chi connectivity index (χ0) is 17.4. The van der Waals surface area contributed by atoms with Crippen molar-refractivity contribution in [3.63, 3.8) is 0 Å². The Morgan fingerprint density at radius 3 is 2.50 bits per heavy atom. The van der Waals surface area contributed by atoms with Crippen molar-refractivity contribution in [1.82, 2.24) is 10.2 Å². The number of benzene rings is 1. The average molecular weight is 398 g/mol. The summed E-state index contributed by atoms with van der Waals surface area (Å²) in [6, 6.07) is 7.76. The van der Waals surface area contributed by atoms with E-state index in [2.05, 4.69) is 26.6 Å². The Labute approximate surface area is 151 Å². The first-order valence-corrected chi connectivity index (χ1v) is 9.25. The van der Waals surface area contributed by atoms with Gasteiger partial charge in [0.1, 0.15) is 0 Å². The largest absolute Gasteiger partial charge is 0.376 e. The molecule has 2 amide bonds. The molecule has 6 nitrogen and oxygen atoms in total. The van der Waals surface area contributed by atoms with Crippen molar-refractivity contribution in [2.24, 2.45) is 0 Å².